The third-order valence-corrected chi connectivity index (χ3v) is 4.16. The molecule has 4 heteroatoms. The average molecular weight is 264 g/mol. The predicted octanol–water partition coefficient (Wildman–Crippen LogP) is 3.21. The predicted molar refractivity (Wildman–Crippen MR) is 72.5 cm³/mol. The molecule has 0 spiro atoms. The molecule has 96 valence electrons. The number of fused-ring (bicyclic) bond motifs is 1. The number of hydrogen-bond acceptors (Lipinski definition) is 2. The highest BCUT2D eigenvalue weighted by Crippen LogP contribution is 2.28. The van der Waals surface area contributed by atoms with Gasteiger partial charge in [-0.05, 0) is 35.4 Å². The van der Waals surface area contributed by atoms with Crippen molar-refractivity contribution < 1.29 is 13.0 Å². The van der Waals surface area contributed by atoms with Crippen molar-refractivity contribution in [3.63, 3.8) is 0 Å². The molecule has 0 radical (unpaired) electrons. The molecular weight excluding hydrogens is 248 g/mol. The summed E-state index contributed by atoms with van der Waals surface area (Å²) in [6.07, 6.45) is 1.40. The second kappa shape index (κ2) is 4.71. The van der Waals surface area contributed by atoms with Crippen molar-refractivity contribution >= 4 is 20.9 Å². The van der Waals surface area contributed by atoms with Crippen LogP contribution in [0.2, 0.25) is 0 Å². The maximum Gasteiger partial charge on any atom is 0.295 e. The SMILES string of the molecule is CCc1ccc2ccc(CC)c(S(=O)(=O)O)c2c1. The Kier molecular flexibility index (Phi) is 3.41. The maximum absolute atomic E-state index is 11.6. The smallest absolute Gasteiger partial charge is 0.282 e. The van der Waals surface area contributed by atoms with Crippen molar-refractivity contribution in [1.82, 2.24) is 0 Å². The number of rotatable bonds is 3. The highest BCUT2D eigenvalue weighted by atomic mass is 32.2. The van der Waals surface area contributed by atoms with E-state index >= 15 is 0 Å². The van der Waals surface area contributed by atoms with Gasteiger partial charge in [0.05, 0.1) is 0 Å². The van der Waals surface area contributed by atoms with Crippen molar-refractivity contribution in [1.29, 1.82) is 0 Å². The lowest BCUT2D eigenvalue weighted by Gasteiger charge is -2.10. The summed E-state index contributed by atoms with van der Waals surface area (Å²) in [7, 11) is -4.20. The molecular formula is C14H16O3S. The van der Waals surface area contributed by atoms with E-state index in [0.29, 0.717) is 17.4 Å². The number of hydrogen-bond donors (Lipinski definition) is 1. The van der Waals surface area contributed by atoms with Crippen LogP contribution in [0.5, 0.6) is 0 Å². The summed E-state index contributed by atoms with van der Waals surface area (Å²) in [4.78, 5) is 0.0535. The van der Waals surface area contributed by atoms with Gasteiger partial charge in [0.15, 0.2) is 0 Å². The van der Waals surface area contributed by atoms with Gasteiger partial charge in [-0.25, -0.2) is 0 Å². The van der Waals surface area contributed by atoms with Crippen molar-refractivity contribution in [3.8, 4) is 0 Å². The summed E-state index contributed by atoms with van der Waals surface area (Å²) in [5, 5.41) is 1.44. The van der Waals surface area contributed by atoms with Gasteiger partial charge in [-0.2, -0.15) is 8.42 Å². The first-order valence-corrected chi connectivity index (χ1v) is 7.43. The van der Waals surface area contributed by atoms with Gasteiger partial charge in [0.1, 0.15) is 4.90 Å². The van der Waals surface area contributed by atoms with Crippen LogP contribution in [0.3, 0.4) is 0 Å². The molecule has 0 saturated heterocycles. The number of benzene rings is 2. The molecule has 18 heavy (non-hydrogen) atoms. The van der Waals surface area contributed by atoms with Crippen LogP contribution in [0, 0.1) is 0 Å². The Morgan fingerprint density at radius 2 is 1.72 bits per heavy atom. The van der Waals surface area contributed by atoms with Crippen LogP contribution in [0.25, 0.3) is 10.8 Å². The lowest BCUT2D eigenvalue weighted by atomic mass is 10.0. The fourth-order valence-corrected chi connectivity index (χ4v) is 3.19. The summed E-state index contributed by atoms with van der Waals surface area (Å²) in [5.74, 6) is 0. The van der Waals surface area contributed by atoms with Gasteiger partial charge >= 0.3 is 0 Å². The summed E-state index contributed by atoms with van der Waals surface area (Å²) < 4.78 is 32.6. The highest BCUT2D eigenvalue weighted by Gasteiger charge is 2.18. The Balaban J connectivity index is 2.92. The summed E-state index contributed by atoms with van der Waals surface area (Å²) in [6.45, 7) is 3.89. The maximum atomic E-state index is 11.6. The molecule has 0 atom stereocenters. The lowest BCUT2D eigenvalue weighted by molar-refractivity contribution is 0.483. The third-order valence-electron chi connectivity index (χ3n) is 3.17. The van der Waals surface area contributed by atoms with Crippen LogP contribution in [0.15, 0.2) is 35.2 Å². The molecule has 0 aliphatic carbocycles. The van der Waals surface area contributed by atoms with Gasteiger partial charge in [0.25, 0.3) is 10.1 Å². The Bertz CT molecular complexity index is 682. The first-order chi connectivity index (χ1) is 8.47. The van der Waals surface area contributed by atoms with Gasteiger partial charge in [-0.15, -0.1) is 0 Å². The zero-order valence-electron chi connectivity index (χ0n) is 10.5. The van der Waals surface area contributed by atoms with E-state index in [9.17, 15) is 13.0 Å². The van der Waals surface area contributed by atoms with Crippen molar-refractivity contribution in [3.05, 3.63) is 41.5 Å². The van der Waals surface area contributed by atoms with Crippen molar-refractivity contribution in [2.45, 2.75) is 31.6 Å². The van der Waals surface area contributed by atoms with Gasteiger partial charge < -0.3 is 0 Å². The minimum absolute atomic E-state index is 0.0535. The Labute approximate surface area is 107 Å². The molecule has 0 unspecified atom stereocenters. The van der Waals surface area contributed by atoms with Crippen LogP contribution < -0.4 is 0 Å². The quantitative estimate of drug-likeness (QED) is 0.866. The summed E-state index contributed by atoms with van der Waals surface area (Å²) in [6, 6.07) is 9.36. The van der Waals surface area contributed by atoms with E-state index in [1.54, 1.807) is 6.07 Å². The van der Waals surface area contributed by atoms with E-state index in [-0.39, 0.29) is 4.90 Å². The van der Waals surface area contributed by atoms with E-state index in [2.05, 4.69) is 0 Å². The Morgan fingerprint density at radius 3 is 2.28 bits per heavy atom. The van der Waals surface area contributed by atoms with Crippen LogP contribution in [0.1, 0.15) is 25.0 Å². The Morgan fingerprint density at radius 1 is 1.06 bits per heavy atom. The van der Waals surface area contributed by atoms with E-state index in [1.165, 1.54) is 0 Å². The minimum Gasteiger partial charge on any atom is -0.282 e. The molecule has 0 aliphatic rings. The monoisotopic (exact) mass is 264 g/mol. The summed E-state index contributed by atoms with van der Waals surface area (Å²) >= 11 is 0. The van der Waals surface area contributed by atoms with Gasteiger partial charge in [0.2, 0.25) is 0 Å². The second-order valence-electron chi connectivity index (χ2n) is 4.29. The molecule has 1 N–H and O–H groups in total. The molecule has 0 aliphatic heterocycles. The topological polar surface area (TPSA) is 54.4 Å². The standard InChI is InChI=1S/C14H16O3S/c1-3-10-5-6-12-8-7-11(4-2)14(13(12)9-10)18(15,16)17/h5-9H,3-4H2,1-2H3,(H,15,16,17). The molecule has 0 amide bonds. The zero-order chi connectivity index (χ0) is 13.3. The normalized spacial score (nSPS) is 11.9. The molecule has 3 nitrogen and oxygen atoms in total. The molecule has 0 heterocycles. The van der Waals surface area contributed by atoms with Crippen molar-refractivity contribution in [2.24, 2.45) is 0 Å². The fraction of sp³-hybridized carbons (Fsp3) is 0.286. The van der Waals surface area contributed by atoms with Gasteiger partial charge in [-0.1, -0.05) is 38.1 Å². The molecule has 0 fully saturated rings. The largest absolute Gasteiger partial charge is 0.295 e. The van der Waals surface area contributed by atoms with Crippen LogP contribution in [-0.4, -0.2) is 13.0 Å². The van der Waals surface area contributed by atoms with Crippen LogP contribution in [0.4, 0.5) is 0 Å². The van der Waals surface area contributed by atoms with E-state index < -0.39 is 10.1 Å². The van der Waals surface area contributed by atoms with Gasteiger partial charge in [0, 0.05) is 5.39 Å². The molecule has 0 aromatic heterocycles. The fourth-order valence-electron chi connectivity index (χ4n) is 2.19. The van der Waals surface area contributed by atoms with Crippen LogP contribution in [-0.2, 0) is 23.0 Å². The second-order valence-corrected chi connectivity index (χ2v) is 5.65. The summed E-state index contributed by atoms with van der Waals surface area (Å²) in [5.41, 5.74) is 1.71. The van der Waals surface area contributed by atoms with E-state index in [1.807, 2.05) is 38.1 Å². The molecule has 2 rings (SSSR count). The molecule has 0 bridgehead atoms. The van der Waals surface area contributed by atoms with E-state index in [0.717, 1.165) is 17.4 Å². The first-order valence-electron chi connectivity index (χ1n) is 5.99. The average Bonchev–Trinajstić information content (AvgIpc) is 2.35. The highest BCUT2D eigenvalue weighted by molar-refractivity contribution is 7.86. The first kappa shape index (κ1) is 13.1. The lowest BCUT2D eigenvalue weighted by Crippen LogP contribution is -2.04. The van der Waals surface area contributed by atoms with Gasteiger partial charge in [-0.3, -0.25) is 4.55 Å². The third kappa shape index (κ3) is 2.26. The molecule has 0 saturated carbocycles. The number of aryl methyl sites for hydroxylation is 2. The van der Waals surface area contributed by atoms with Crippen molar-refractivity contribution in [2.75, 3.05) is 0 Å². The molecule has 2 aromatic rings. The minimum atomic E-state index is -4.20. The molecule has 2 aromatic carbocycles. The Hall–Kier alpha value is -1.39. The van der Waals surface area contributed by atoms with E-state index in [4.69, 9.17) is 0 Å². The zero-order valence-corrected chi connectivity index (χ0v) is 11.3. The van der Waals surface area contributed by atoms with Crippen LogP contribution >= 0.6 is 0 Å².